The molecule has 12 nitrogen and oxygen atoms in total. The number of aromatic nitrogens is 12. The van der Waals surface area contributed by atoms with Crippen LogP contribution in [0.25, 0.3) is 273 Å². The van der Waals surface area contributed by atoms with E-state index in [2.05, 4.69) is 388 Å². The molecule has 0 radical (unpaired) electrons. The Balaban J connectivity index is 0.00000353. The summed E-state index contributed by atoms with van der Waals surface area (Å²) in [6.07, 6.45) is 25.5. The van der Waals surface area contributed by atoms with Crippen molar-refractivity contribution in [1.82, 2.24) is 59.8 Å². The van der Waals surface area contributed by atoms with Gasteiger partial charge in [0.2, 0.25) is 0 Å². The molecule has 0 fully saturated rings. The van der Waals surface area contributed by atoms with Gasteiger partial charge < -0.3 is 29.9 Å². The molecule has 15 heterocycles. The van der Waals surface area contributed by atoms with E-state index in [4.69, 9.17) is 59.8 Å². The SMILES string of the molecule is C1=Cc2nc1c(-c1ccccc1)c1ccc([n-]1)c(-c1ccccc1)c1nc(c(-c3ccccc3-c3c4nc(c(-c5ccccc5)c5ccc([n-]5)c(-c5ccccc5-c5c6nc(c(-c7ccccc7)c7ccc([n-]7)c(-c7ccccc7)c7nc(c(-c8ccccc8)c8ccc5[n-]8)C=C7)C=C6)c5nc(c(-c6ccccc6)c6ccc3[n-]6)C=C5)C=C4)c3ccc([n-]3)c2-c2ccccc2)C=C1.[Zn+2].[Zn+2].[Zn+2]. The van der Waals surface area contributed by atoms with Gasteiger partial charge in [-0.2, -0.15) is 0 Å². The number of hydrogen-bond acceptors (Lipinski definition) is 6. The third-order valence-corrected chi connectivity index (χ3v) is 25.3. The van der Waals surface area contributed by atoms with Crippen LogP contribution in [0.3, 0.4) is 0 Å². The standard InChI is InChI=1S/C120H72N12.3Zn/c1-9-29-73(30-10-1)109-85-49-53-89(121-85)111(75-33-13-3-14-34-75)93-57-65-101(125-93)117(102-66-58-94(126-102)112(76-35-15-4-16-36-76)90-54-50-86(109)122-90)81-45-25-27-47-83(81)119-105-69-61-97(129-105)115(79-41-21-7-22-42-79)99-63-71-107(131-99)120(108-72-64-100(132-108)116(80-43-23-8-24-44-80)98-62-70-106(119)130-98)84-48-28-26-46-82(84)118-103-67-59-95(127-103)113(77-37-17-5-18-38-77)91-55-51-87(123-91)110(74-31-11-2-12-32-74)88-52-56-92(124-88)114(78-39-19-6-20-40-78)96-60-68-104(118)128-96;;;/h1-72H;;;/q-6;3*+2. The van der Waals surface area contributed by atoms with Crippen LogP contribution >= 0.6 is 0 Å². The van der Waals surface area contributed by atoms with Gasteiger partial charge in [-0.05, 0) is 206 Å². The van der Waals surface area contributed by atoms with Crippen molar-refractivity contribution in [2.45, 2.75) is 0 Å². The summed E-state index contributed by atoms with van der Waals surface area (Å²) in [5.74, 6) is 0. The molecule has 10 aromatic carbocycles. The molecule has 0 saturated heterocycles. The Morgan fingerprint density at radius 2 is 0.215 bits per heavy atom. The monoisotopic (exact) mass is 1870 g/mol. The maximum atomic E-state index is 5.90. The summed E-state index contributed by atoms with van der Waals surface area (Å²) >= 11 is 0. The normalized spacial score (nSPS) is 12.1. The summed E-state index contributed by atoms with van der Waals surface area (Å²) in [5.41, 5.74) is 39.2. The van der Waals surface area contributed by atoms with Crippen molar-refractivity contribution in [3.05, 3.63) is 432 Å². The van der Waals surface area contributed by atoms with E-state index in [1.165, 1.54) is 0 Å². The minimum Gasteiger partial charge on any atom is -0.657 e. The molecule has 24 bridgehead atoms. The van der Waals surface area contributed by atoms with E-state index in [1.807, 2.05) is 48.5 Å². The van der Waals surface area contributed by atoms with Crippen LogP contribution in [0.15, 0.2) is 364 Å². The van der Waals surface area contributed by atoms with Crippen LogP contribution in [0, 0.1) is 0 Å². The fourth-order valence-corrected chi connectivity index (χ4v) is 19.4. The molecule has 0 atom stereocenters. The van der Waals surface area contributed by atoms with Crippen LogP contribution in [0.1, 0.15) is 68.3 Å². The van der Waals surface area contributed by atoms with Gasteiger partial charge in [-0.15, -0.1) is 66.2 Å². The fourth-order valence-electron chi connectivity index (χ4n) is 19.4. The second kappa shape index (κ2) is 35.9. The molecule has 25 rings (SSSR count). The summed E-state index contributed by atoms with van der Waals surface area (Å²) in [4.78, 5) is 69.1. The molecule has 0 amide bonds. The third-order valence-electron chi connectivity index (χ3n) is 25.3. The quantitative estimate of drug-likeness (QED) is 0.107. The molecule has 135 heavy (non-hydrogen) atoms. The van der Waals surface area contributed by atoms with Gasteiger partial charge in [0.1, 0.15) is 0 Å². The molecule has 15 heteroatoms. The second-order valence-electron chi connectivity index (χ2n) is 33.1. The van der Waals surface area contributed by atoms with Crippen molar-refractivity contribution < 1.29 is 58.4 Å². The molecule has 19 aromatic rings. The van der Waals surface area contributed by atoms with Gasteiger partial charge in [-0.25, -0.2) is 29.9 Å². The largest absolute Gasteiger partial charge is 2.00 e. The number of hydrogen-bond donors (Lipinski definition) is 0. The fraction of sp³-hybridized carbons (Fsp3) is 0. The van der Waals surface area contributed by atoms with Crippen LogP contribution in [0.2, 0.25) is 0 Å². The van der Waals surface area contributed by atoms with Crippen LogP contribution in [0.4, 0.5) is 0 Å². The Morgan fingerprint density at radius 1 is 0.111 bits per heavy atom. The van der Waals surface area contributed by atoms with E-state index in [9.17, 15) is 0 Å². The van der Waals surface area contributed by atoms with Gasteiger partial charge in [-0.1, -0.05) is 364 Å². The van der Waals surface area contributed by atoms with Crippen molar-refractivity contribution in [2.24, 2.45) is 0 Å². The molecule has 9 aromatic heterocycles. The summed E-state index contributed by atoms with van der Waals surface area (Å²) in [7, 11) is 0. The van der Waals surface area contributed by atoms with Gasteiger partial charge in [0, 0.05) is 0 Å². The first-order chi connectivity index (χ1) is 65.4. The molecule has 6 aliphatic rings. The maximum Gasteiger partial charge on any atom is 2.00 e. The Bertz CT molecular complexity index is 8140. The molecule has 0 spiro atoms. The van der Waals surface area contributed by atoms with Crippen molar-refractivity contribution >= 4 is 139 Å². The minimum absolute atomic E-state index is 0. The van der Waals surface area contributed by atoms with Crippen LogP contribution in [-0.2, 0) is 58.4 Å². The molecule has 6 aliphatic heterocycles. The first kappa shape index (κ1) is 84.4. The summed E-state index contributed by atoms with van der Waals surface area (Å²) < 4.78 is 0. The summed E-state index contributed by atoms with van der Waals surface area (Å²) in [6, 6.07) is 126. The zero-order valence-electron chi connectivity index (χ0n) is 73.1. The summed E-state index contributed by atoms with van der Waals surface area (Å²) in [5, 5.41) is 0. The van der Waals surface area contributed by atoms with E-state index in [-0.39, 0.29) is 58.4 Å². The van der Waals surface area contributed by atoms with E-state index >= 15 is 0 Å². The molecule has 0 aliphatic carbocycles. The van der Waals surface area contributed by atoms with Crippen molar-refractivity contribution in [3.8, 4) is 134 Å². The Morgan fingerprint density at radius 3 is 0.341 bits per heavy atom. The first-order valence-electron chi connectivity index (χ1n) is 44.2. The van der Waals surface area contributed by atoms with Crippen LogP contribution in [0.5, 0.6) is 0 Å². The maximum absolute atomic E-state index is 5.90. The van der Waals surface area contributed by atoms with E-state index in [0.29, 0.717) is 67.3 Å². The minimum atomic E-state index is 0. The molecule has 0 N–H and O–H groups in total. The van der Waals surface area contributed by atoms with Crippen LogP contribution in [-0.4, -0.2) is 29.9 Å². The third kappa shape index (κ3) is 15.3. The molecular weight excluding hydrogens is 1810 g/mol. The Labute approximate surface area is 816 Å². The number of nitrogens with zero attached hydrogens (tertiary/aromatic N) is 12. The Kier molecular flexibility index (Phi) is 22.4. The average Bonchev–Trinajstić information content (AvgIpc) is 1.59. The van der Waals surface area contributed by atoms with Crippen molar-refractivity contribution in [2.75, 3.05) is 0 Å². The second-order valence-corrected chi connectivity index (χ2v) is 33.1. The molecular formula is C120H72N12Zn3. The van der Waals surface area contributed by atoms with Crippen molar-refractivity contribution in [3.63, 3.8) is 0 Å². The van der Waals surface area contributed by atoms with Gasteiger partial charge in [0.05, 0.1) is 68.3 Å². The van der Waals surface area contributed by atoms with E-state index in [1.54, 1.807) is 0 Å². The van der Waals surface area contributed by atoms with Gasteiger partial charge in [0.25, 0.3) is 0 Å². The number of benzene rings is 10. The predicted molar refractivity (Wildman–Crippen MR) is 543 cm³/mol. The smallest absolute Gasteiger partial charge is 0.657 e. The zero-order valence-corrected chi connectivity index (χ0v) is 82.0. The number of fused-ring (bicyclic) bond motifs is 24. The number of rotatable bonds is 12. The first-order valence-corrected chi connectivity index (χ1v) is 44.2. The molecule has 0 unspecified atom stereocenters. The van der Waals surface area contributed by atoms with Crippen molar-refractivity contribution in [1.29, 1.82) is 0 Å². The van der Waals surface area contributed by atoms with Gasteiger partial charge in [-0.3, -0.25) is 0 Å². The van der Waals surface area contributed by atoms with Gasteiger partial charge >= 0.3 is 58.4 Å². The van der Waals surface area contributed by atoms with Crippen LogP contribution < -0.4 is 29.9 Å². The average molecular weight is 1880 g/mol. The summed E-state index contributed by atoms with van der Waals surface area (Å²) in [6.45, 7) is 0. The topological polar surface area (TPSA) is 162 Å². The zero-order chi connectivity index (χ0) is 87.1. The molecule has 0 saturated carbocycles. The molecule has 618 valence electrons. The Hall–Kier alpha value is -16.1. The van der Waals surface area contributed by atoms with Gasteiger partial charge in [0.15, 0.2) is 0 Å². The van der Waals surface area contributed by atoms with E-state index < -0.39 is 0 Å². The van der Waals surface area contributed by atoms with E-state index in [0.717, 1.165) is 201 Å². The predicted octanol–water partition coefficient (Wildman–Crippen LogP) is 28.4.